The molecule has 4 rings (SSSR count). The fourth-order valence-corrected chi connectivity index (χ4v) is 10.5. The van der Waals surface area contributed by atoms with Crippen LogP contribution in [0.15, 0.2) is 47.6 Å². The highest BCUT2D eigenvalue weighted by atomic mass is 16.6. The molecule has 4 aliphatic rings. The van der Waals surface area contributed by atoms with Crippen LogP contribution in [0.5, 0.6) is 0 Å². The number of amides is 1. The van der Waals surface area contributed by atoms with Crippen molar-refractivity contribution < 1.29 is 63.3 Å². The van der Waals surface area contributed by atoms with Gasteiger partial charge in [-0.1, -0.05) is 83.9 Å². The van der Waals surface area contributed by atoms with Gasteiger partial charge in [-0.3, -0.25) is 14.4 Å². The van der Waals surface area contributed by atoms with Crippen LogP contribution >= 0.6 is 0 Å². The standard InChI is InChI=1S/C55H85NO13/c1-11-12-18-27-67-46-32-42-24-22-40(8)55(64,69-42)52(61)53(62)56-26-17-16-21-43(56)54(63)68-47(37(5)30-41-23-25-44(57)48(31-41)65-9)33-45(58)36(4)29-39(7)50(60)51(66-10)49(59)38(6)28-34(2)19-14-13-15-20-35(46)3/h13-15,19-20,29,34,36-38,40-48,50-51,57-58,60,64H,11,16-17,21-28,30-33H2,1-10H3/b15-13+,19-14+,35-20+,39-29+/t34?,36?,37?,38?,40?,41?,42?,43?,44?,45-,46?,47?,48?,50?,51?,55?/m1/s1. The van der Waals surface area contributed by atoms with E-state index in [9.17, 15) is 39.6 Å². The Kier molecular flexibility index (Phi) is 23.5. The lowest BCUT2D eigenvalue weighted by Gasteiger charge is -2.43. The Morgan fingerprint density at radius 3 is 2.29 bits per heavy atom. The van der Waals surface area contributed by atoms with E-state index in [0.717, 1.165) is 12.0 Å². The number of ether oxygens (including phenoxy) is 5. The zero-order valence-electron chi connectivity index (χ0n) is 43.1. The van der Waals surface area contributed by atoms with Gasteiger partial charge in [0, 0.05) is 57.8 Å². The van der Waals surface area contributed by atoms with Crippen molar-refractivity contribution in [2.45, 2.75) is 200 Å². The van der Waals surface area contributed by atoms with Gasteiger partial charge in [0.25, 0.3) is 11.7 Å². The molecule has 3 aliphatic heterocycles. The van der Waals surface area contributed by atoms with Crippen LogP contribution in [0.1, 0.15) is 139 Å². The molecule has 0 aromatic rings. The van der Waals surface area contributed by atoms with Gasteiger partial charge in [0.1, 0.15) is 31.0 Å². The molecule has 0 radical (unpaired) electrons. The number of hydrogen-bond donors (Lipinski definition) is 4. The van der Waals surface area contributed by atoms with Crippen molar-refractivity contribution in [2.75, 3.05) is 27.4 Å². The predicted octanol–water partition coefficient (Wildman–Crippen LogP) is 6.76. The van der Waals surface area contributed by atoms with Gasteiger partial charge in [-0.25, -0.2) is 4.79 Å². The first-order valence-corrected chi connectivity index (χ1v) is 25.6. The predicted molar refractivity (Wildman–Crippen MR) is 263 cm³/mol. The van der Waals surface area contributed by atoms with Crippen LogP contribution in [0.4, 0.5) is 0 Å². The van der Waals surface area contributed by atoms with Crippen molar-refractivity contribution in [2.24, 2.45) is 35.5 Å². The lowest BCUT2D eigenvalue weighted by molar-refractivity contribution is -0.265. The summed E-state index contributed by atoms with van der Waals surface area (Å²) in [5, 5.41) is 45.9. The summed E-state index contributed by atoms with van der Waals surface area (Å²) < 4.78 is 30.0. The van der Waals surface area contributed by atoms with E-state index in [0.29, 0.717) is 63.4 Å². The molecule has 0 aromatic heterocycles. The molecule has 3 heterocycles. The number of aliphatic hydroxyl groups excluding tert-OH is 3. The van der Waals surface area contributed by atoms with Gasteiger partial charge in [-0.05, 0) is 107 Å². The highest BCUT2D eigenvalue weighted by molar-refractivity contribution is 6.39. The Morgan fingerprint density at radius 2 is 1.59 bits per heavy atom. The number of piperidine rings is 1. The third-order valence-corrected chi connectivity index (χ3v) is 15.0. The van der Waals surface area contributed by atoms with E-state index in [2.05, 4.69) is 11.8 Å². The van der Waals surface area contributed by atoms with E-state index < -0.39 is 90.0 Å². The summed E-state index contributed by atoms with van der Waals surface area (Å²) in [6, 6.07) is -1.12. The van der Waals surface area contributed by atoms with E-state index in [1.807, 2.05) is 65.0 Å². The summed E-state index contributed by atoms with van der Waals surface area (Å²) in [6.45, 7) is 15.1. The Labute approximate surface area is 412 Å². The van der Waals surface area contributed by atoms with Crippen molar-refractivity contribution >= 4 is 23.4 Å². The fraction of sp³-hybridized carbons (Fsp3) is 0.745. The average molecular weight is 968 g/mol. The van der Waals surface area contributed by atoms with E-state index in [-0.39, 0.29) is 62.1 Å². The number of ketones is 2. The highest BCUT2D eigenvalue weighted by Gasteiger charge is 2.53. The van der Waals surface area contributed by atoms with Gasteiger partial charge < -0.3 is 49.0 Å². The molecule has 4 N–H and O–H groups in total. The van der Waals surface area contributed by atoms with Crippen LogP contribution in [0.3, 0.4) is 0 Å². The number of cyclic esters (lactones) is 1. The number of nitrogens with zero attached hydrogens (tertiary/aromatic N) is 1. The van der Waals surface area contributed by atoms with E-state index >= 15 is 0 Å². The molecule has 2 bridgehead atoms. The smallest absolute Gasteiger partial charge is 0.329 e. The zero-order chi connectivity index (χ0) is 51.0. The molecule has 16 atom stereocenters. The van der Waals surface area contributed by atoms with Gasteiger partial charge in [-0.2, -0.15) is 0 Å². The van der Waals surface area contributed by atoms with Crippen LogP contribution < -0.4 is 0 Å². The lowest BCUT2D eigenvalue weighted by Crippen LogP contribution is -2.61. The summed E-state index contributed by atoms with van der Waals surface area (Å²) >= 11 is 0. The summed E-state index contributed by atoms with van der Waals surface area (Å²) in [7, 11) is 2.97. The number of rotatable bonds is 7. The van der Waals surface area contributed by atoms with E-state index in [1.54, 1.807) is 34.0 Å². The molecule has 0 aromatic carbocycles. The number of fused-ring (bicyclic) bond motifs is 3. The SMILES string of the molecule is CCC#CCOC1CC2CCC(C)C(O)(O2)C(=O)C(=O)N2CCCCC2C(=O)OC(C(C)CC2CCC(O)C(OC)C2)C[C@@H](O)C(C)/C=C(\C)C(O)C(OC)C(=O)C(C)CC(C)/C=C/C=C/C=C/1C. The van der Waals surface area contributed by atoms with Gasteiger partial charge in [-0.15, -0.1) is 5.92 Å². The van der Waals surface area contributed by atoms with Crippen LogP contribution in [-0.2, 0) is 42.9 Å². The Hall–Kier alpha value is -3.52. The van der Waals surface area contributed by atoms with Gasteiger partial charge in [0.15, 0.2) is 5.78 Å². The summed E-state index contributed by atoms with van der Waals surface area (Å²) in [5.74, 6) is -1.37. The van der Waals surface area contributed by atoms with Crippen LogP contribution in [-0.4, -0.2) is 137 Å². The van der Waals surface area contributed by atoms with Crippen molar-refractivity contribution in [1.29, 1.82) is 0 Å². The number of methoxy groups -OCH3 is 2. The number of carbonyl (C=O) groups is 4. The maximum absolute atomic E-state index is 14.5. The molecule has 69 heavy (non-hydrogen) atoms. The molecule has 3 fully saturated rings. The molecule has 1 amide bonds. The minimum Gasteiger partial charge on any atom is -0.460 e. The molecule has 1 aliphatic carbocycles. The normalized spacial score (nSPS) is 39.6. The minimum atomic E-state index is -2.45. The number of carbonyl (C=O) groups excluding carboxylic acids is 4. The summed E-state index contributed by atoms with van der Waals surface area (Å²) in [6.07, 6.45) is 11.2. The second kappa shape index (κ2) is 27.9. The van der Waals surface area contributed by atoms with Crippen LogP contribution in [0.2, 0.25) is 0 Å². The Balaban J connectivity index is 1.72. The average Bonchev–Trinajstić information content (AvgIpc) is 3.32. The maximum Gasteiger partial charge on any atom is 0.329 e. The number of hydrogen-bond acceptors (Lipinski definition) is 13. The fourth-order valence-electron chi connectivity index (χ4n) is 10.5. The van der Waals surface area contributed by atoms with Crippen LogP contribution in [0.25, 0.3) is 0 Å². The molecular formula is C55H85NO13. The topological polar surface area (TPSA) is 199 Å². The quantitative estimate of drug-likeness (QED) is 0.0905. The highest BCUT2D eigenvalue weighted by Crippen LogP contribution is 2.38. The molecule has 14 nitrogen and oxygen atoms in total. The second-order valence-electron chi connectivity index (χ2n) is 20.6. The van der Waals surface area contributed by atoms with E-state index in [4.69, 9.17) is 23.7 Å². The first-order chi connectivity index (χ1) is 32.7. The molecule has 14 heteroatoms. The largest absolute Gasteiger partial charge is 0.460 e. The van der Waals surface area contributed by atoms with Crippen molar-refractivity contribution in [3.05, 3.63) is 47.6 Å². The third-order valence-electron chi connectivity index (χ3n) is 15.0. The molecule has 2 saturated heterocycles. The molecule has 0 spiro atoms. The number of Topliss-reactive ketones (excluding diaryl/α,β-unsaturated/α-hetero) is 2. The number of esters is 1. The number of allylic oxidation sites excluding steroid dienone is 5. The lowest BCUT2D eigenvalue weighted by atomic mass is 9.78. The maximum atomic E-state index is 14.5. The van der Waals surface area contributed by atoms with Crippen LogP contribution in [0, 0.1) is 47.3 Å². The Morgan fingerprint density at radius 1 is 0.855 bits per heavy atom. The molecule has 388 valence electrons. The second-order valence-corrected chi connectivity index (χ2v) is 20.6. The third kappa shape index (κ3) is 16.2. The Bertz CT molecular complexity index is 1880. The van der Waals surface area contributed by atoms with Crippen molar-refractivity contribution in [3.8, 4) is 11.8 Å². The van der Waals surface area contributed by atoms with Gasteiger partial charge >= 0.3 is 5.97 Å². The van der Waals surface area contributed by atoms with Crippen molar-refractivity contribution in [1.82, 2.24) is 4.90 Å². The van der Waals surface area contributed by atoms with Gasteiger partial charge in [0.05, 0.1) is 30.5 Å². The monoisotopic (exact) mass is 968 g/mol. The minimum absolute atomic E-state index is 0.0118. The van der Waals surface area contributed by atoms with Gasteiger partial charge in [0.2, 0.25) is 5.79 Å². The first kappa shape index (κ1) is 58.1. The number of aliphatic hydroxyl groups is 4. The van der Waals surface area contributed by atoms with Crippen molar-refractivity contribution in [3.63, 3.8) is 0 Å². The first-order valence-electron chi connectivity index (χ1n) is 25.6. The molecule has 1 saturated carbocycles. The molecular weight excluding hydrogens is 883 g/mol. The summed E-state index contributed by atoms with van der Waals surface area (Å²) in [4.78, 5) is 58.2. The zero-order valence-corrected chi connectivity index (χ0v) is 43.1. The summed E-state index contributed by atoms with van der Waals surface area (Å²) in [5.41, 5.74) is 1.30. The molecule has 15 unspecified atom stereocenters. The van der Waals surface area contributed by atoms with E-state index in [1.165, 1.54) is 12.0 Å².